The number of aromatic amines is 1. The summed E-state index contributed by atoms with van der Waals surface area (Å²) in [4.78, 5) is 10.7. The van der Waals surface area contributed by atoms with Crippen LogP contribution in [0.15, 0.2) is 6.20 Å². The van der Waals surface area contributed by atoms with E-state index in [9.17, 15) is 0 Å². The number of nitrogens with one attached hydrogen (secondary N) is 2. The predicted molar refractivity (Wildman–Crippen MR) is 77.4 cm³/mol. The molecule has 106 valence electrons. The van der Waals surface area contributed by atoms with Crippen LogP contribution < -0.4 is 5.32 Å². The van der Waals surface area contributed by atoms with E-state index < -0.39 is 0 Å². The highest BCUT2D eigenvalue weighted by molar-refractivity contribution is 5.12. The summed E-state index contributed by atoms with van der Waals surface area (Å²) in [5, 5.41) is 3.42. The Balaban J connectivity index is 1.63. The lowest BCUT2D eigenvalue weighted by atomic mass is 9.83. The smallest absolute Gasteiger partial charge is 0.108 e. The zero-order valence-corrected chi connectivity index (χ0v) is 12.2. The van der Waals surface area contributed by atoms with E-state index in [4.69, 9.17) is 0 Å². The van der Waals surface area contributed by atoms with Crippen molar-refractivity contribution in [2.24, 2.45) is 0 Å². The molecule has 3 rings (SSSR count). The molecule has 1 aromatic heterocycles. The zero-order valence-electron chi connectivity index (χ0n) is 12.2. The normalized spacial score (nSPS) is 22.4. The summed E-state index contributed by atoms with van der Waals surface area (Å²) in [5.74, 6) is 1.91. The first-order valence-corrected chi connectivity index (χ1v) is 7.65. The summed E-state index contributed by atoms with van der Waals surface area (Å²) in [6, 6.07) is 0. The minimum Gasteiger partial charge on any atom is -0.346 e. The van der Waals surface area contributed by atoms with Gasteiger partial charge in [-0.15, -0.1) is 0 Å². The molecule has 2 heterocycles. The van der Waals surface area contributed by atoms with E-state index in [-0.39, 0.29) is 5.54 Å². The van der Waals surface area contributed by atoms with Gasteiger partial charge in [0.2, 0.25) is 0 Å². The average Bonchev–Trinajstić information content (AvgIpc) is 2.75. The molecule has 0 radical (unpaired) electrons. The minimum atomic E-state index is 0.191. The molecule has 0 unspecified atom stereocenters. The van der Waals surface area contributed by atoms with Gasteiger partial charge in [-0.3, -0.25) is 4.90 Å². The highest BCUT2D eigenvalue weighted by atomic mass is 15.2. The van der Waals surface area contributed by atoms with Crippen LogP contribution in [0.3, 0.4) is 0 Å². The molecule has 2 fully saturated rings. The summed E-state index contributed by atoms with van der Waals surface area (Å²) < 4.78 is 0. The van der Waals surface area contributed by atoms with Crippen molar-refractivity contribution < 1.29 is 0 Å². The molecule has 1 aliphatic carbocycles. The Labute approximate surface area is 116 Å². The van der Waals surface area contributed by atoms with Crippen molar-refractivity contribution >= 4 is 0 Å². The molecule has 4 nitrogen and oxygen atoms in total. The van der Waals surface area contributed by atoms with Crippen molar-refractivity contribution in [1.82, 2.24) is 20.2 Å². The second-order valence-corrected chi connectivity index (χ2v) is 6.64. The summed E-state index contributed by atoms with van der Waals surface area (Å²) in [6.07, 6.45) is 7.13. The highest BCUT2D eigenvalue weighted by Crippen LogP contribution is 2.35. The number of nitrogens with zero attached hydrogens (tertiary/aromatic N) is 2. The molecule has 0 atom stereocenters. The van der Waals surface area contributed by atoms with Gasteiger partial charge in [0.15, 0.2) is 0 Å². The maximum atomic E-state index is 4.60. The Hall–Kier alpha value is -0.870. The van der Waals surface area contributed by atoms with Crippen LogP contribution in [0.5, 0.6) is 0 Å². The van der Waals surface area contributed by atoms with E-state index in [1.807, 2.05) is 0 Å². The number of piperazine rings is 1. The van der Waals surface area contributed by atoms with Gasteiger partial charge in [-0.1, -0.05) is 6.42 Å². The third-order valence-electron chi connectivity index (χ3n) is 4.77. The fraction of sp³-hybridized carbons (Fsp3) is 0.800. The molecule has 0 spiro atoms. The zero-order chi connectivity index (χ0) is 13.3. The molecule has 2 aliphatic rings. The lowest BCUT2D eigenvalue weighted by molar-refractivity contribution is 0.102. The predicted octanol–water partition coefficient (Wildman–Crippen LogP) is 1.90. The van der Waals surface area contributed by atoms with Crippen LogP contribution in [0.1, 0.15) is 50.5 Å². The molecule has 0 amide bonds. The summed E-state index contributed by atoms with van der Waals surface area (Å²) in [5.41, 5.74) is 1.55. The molecule has 1 saturated carbocycles. The molecular formula is C15H26N4. The van der Waals surface area contributed by atoms with E-state index in [1.165, 1.54) is 25.0 Å². The fourth-order valence-corrected chi connectivity index (χ4v) is 3.19. The van der Waals surface area contributed by atoms with Crippen LogP contribution in [0, 0.1) is 0 Å². The Morgan fingerprint density at radius 1 is 1.32 bits per heavy atom. The van der Waals surface area contributed by atoms with Gasteiger partial charge < -0.3 is 10.3 Å². The summed E-state index contributed by atoms with van der Waals surface area (Å²) in [7, 11) is 0. The molecule has 1 saturated heterocycles. The fourth-order valence-electron chi connectivity index (χ4n) is 3.19. The third kappa shape index (κ3) is 2.84. The maximum absolute atomic E-state index is 4.60. The third-order valence-corrected chi connectivity index (χ3v) is 4.77. The molecule has 4 heteroatoms. The van der Waals surface area contributed by atoms with Crippen molar-refractivity contribution in [1.29, 1.82) is 0 Å². The number of rotatable bonds is 4. The van der Waals surface area contributed by atoms with Gasteiger partial charge in [0.05, 0.1) is 0 Å². The van der Waals surface area contributed by atoms with Gasteiger partial charge in [-0.25, -0.2) is 4.98 Å². The van der Waals surface area contributed by atoms with Gasteiger partial charge in [0.1, 0.15) is 5.82 Å². The average molecular weight is 262 g/mol. The molecule has 0 bridgehead atoms. The van der Waals surface area contributed by atoms with Crippen LogP contribution in [0.25, 0.3) is 0 Å². The largest absolute Gasteiger partial charge is 0.346 e. The number of imidazole rings is 1. The number of aromatic nitrogens is 2. The second-order valence-electron chi connectivity index (χ2n) is 6.64. The molecule has 1 aliphatic heterocycles. The Kier molecular flexibility index (Phi) is 3.63. The Bertz CT molecular complexity index is 414. The first-order chi connectivity index (χ1) is 9.15. The van der Waals surface area contributed by atoms with E-state index in [0.717, 1.165) is 44.3 Å². The van der Waals surface area contributed by atoms with Crippen LogP contribution >= 0.6 is 0 Å². The van der Waals surface area contributed by atoms with E-state index in [1.54, 1.807) is 0 Å². The SMILES string of the molecule is CC(C)(Cc1ncc(C2CCC2)[nH]1)N1CCNCC1. The topological polar surface area (TPSA) is 44.0 Å². The molecule has 2 N–H and O–H groups in total. The van der Waals surface area contributed by atoms with E-state index in [2.05, 4.69) is 40.2 Å². The lowest BCUT2D eigenvalue weighted by Gasteiger charge is -2.40. The quantitative estimate of drug-likeness (QED) is 0.871. The lowest BCUT2D eigenvalue weighted by Crippen LogP contribution is -2.54. The van der Waals surface area contributed by atoms with Crippen LogP contribution in [-0.2, 0) is 6.42 Å². The van der Waals surface area contributed by atoms with Crippen molar-refractivity contribution in [3.05, 3.63) is 17.7 Å². The maximum Gasteiger partial charge on any atom is 0.108 e. The van der Waals surface area contributed by atoms with Crippen LogP contribution in [-0.4, -0.2) is 46.6 Å². The molecule has 1 aromatic rings. The second kappa shape index (κ2) is 5.25. The standard InChI is InChI=1S/C15H26N4/c1-15(2,19-8-6-16-7-9-19)10-14-17-11-13(18-14)12-4-3-5-12/h11-12,16H,3-10H2,1-2H3,(H,17,18). The monoisotopic (exact) mass is 262 g/mol. The summed E-state index contributed by atoms with van der Waals surface area (Å²) in [6.45, 7) is 9.17. The molecular weight excluding hydrogens is 236 g/mol. The van der Waals surface area contributed by atoms with Crippen molar-refractivity contribution in [2.75, 3.05) is 26.2 Å². The van der Waals surface area contributed by atoms with E-state index in [0.29, 0.717) is 0 Å². The van der Waals surface area contributed by atoms with Gasteiger partial charge in [-0.2, -0.15) is 0 Å². The number of hydrogen-bond donors (Lipinski definition) is 2. The van der Waals surface area contributed by atoms with Gasteiger partial charge >= 0.3 is 0 Å². The highest BCUT2D eigenvalue weighted by Gasteiger charge is 2.29. The van der Waals surface area contributed by atoms with Gasteiger partial charge in [0, 0.05) is 55.9 Å². The number of hydrogen-bond acceptors (Lipinski definition) is 3. The number of H-pyrrole nitrogens is 1. The van der Waals surface area contributed by atoms with Gasteiger partial charge in [0.25, 0.3) is 0 Å². The summed E-state index contributed by atoms with van der Waals surface area (Å²) >= 11 is 0. The van der Waals surface area contributed by atoms with E-state index >= 15 is 0 Å². The van der Waals surface area contributed by atoms with Gasteiger partial charge in [-0.05, 0) is 26.7 Å². The first-order valence-electron chi connectivity index (χ1n) is 7.65. The van der Waals surface area contributed by atoms with Crippen molar-refractivity contribution in [3.8, 4) is 0 Å². The molecule has 19 heavy (non-hydrogen) atoms. The van der Waals surface area contributed by atoms with Crippen LogP contribution in [0.4, 0.5) is 0 Å². The Morgan fingerprint density at radius 2 is 2.05 bits per heavy atom. The molecule has 0 aromatic carbocycles. The Morgan fingerprint density at radius 3 is 2.68 bits per heavy atom. The minimum absolute atomic E-state index is 0.191. The van der Waals surface area contributed by atoms with Crippen molar-refractivity contribution in [3.63, 3.8) is 0 Å². The van der Waals surface area contributed by atoms with Crippen molar-refractivity contribution in [2.45, 2.75) is 51.0 Å². The first kappa shape index (κ1) is 13.1. The van der Waals surface area contributed by atoms with Crippen LogP contribution in [0.2, 0.25) is 0 Å².